The van der Waals surface area contributed by atoms with Gasteiger partial charge in [-0.2, -0.15) is 10.7 Å². The lowest BCUT2D eigenvalue weighted by Crippen LogP contribution is -2.54. The van der Waals surface area contributed by atoms with Gasteiger partial charge < -0.3 is 0 Å². The largest absolute Gasteiger partial charge is 0.283 e. The Morgan fingerprint density at radius 3 is 2.78 bits per heavy atom. The zero-order valence-electron chi connectivity index (χ0n) is 18.2. The predicted molar refractivity (Wildman–Crippen MR) is 125 cm³/mol. The number of amidine groups is 1. The molecule has 3 unspecified atom stereocenters. The van der Waals surface area contributed by atoms with Crippen LogP contribution in [0.3, 0.4) is 0 Å². The van der Waals surface area contributed by atoms with Crippen LogP contribution in [0.1, 0.15) is 37.5 Å². The summed E-state index contributed by atoms with van der Waals surface area (Å²) in [6.45, 7) is 6.83. The minimum absolute atomic E-state index is 0.0401. The summed E-state index contributed by atoms with van der Waals surface area (Å²) in [4.78, 5) is 10.6. The lowest BCUT2D eigenvalue weighted by molar-refractivity contribution is -0.503. The van der Waals surface area contributed by atoms with E-state index in [-0.39, 0.29) is 17.9 Å². The highest BCUT2D eigenvalue weighted by Crippen LogP contribution is 2.46. The van der Waals surface area contributed by atoms with Gasteiger partial charge in [-0.15, -0.1) is 16.8 Å². The molecule has 0 amide bonds. The molecule has 10 heteroatoms. The Morgan fingerprint density at radius 1 is 1.41 bits per heavy atom. The second kappa shape index (κ2) is 8.37. The maximum atomic E-state index is 11.6. The molecule has 32 heavy (non-hydrogen) atoms. The number of non-ortho nitro benzene ring substituents is 1. The third kappa shape index (κ3) is 3.44. The van der Waals surface area contributed by atoms with Crippen LogP contribution in [0.15, 0.2) is 41.3 Å². The number of hydrazine groups is 1. The number of fused-ring (bicyclic) bond motifs is 3. The summed E-state index contributed by atoms with van der Waals surface area (Å²) >= 11 is 8.81. The van der Waals surface area contributed by atoms with Crippen LogP contribution in [-0.4, -0.2) is 45.4 Å². The molecule has 2 N–H and O–H groups in total. The second-order valence-corrected chi connectivity index (χ2v) is 9.29. The number of hydrogen-bond donors (Lipinski definition) is 2. The van der Waals surface area contributed by atoms with Crippen molar-refractivity contribution < 1.29 is 9.50 Å². The quantitative estimate of drug-likeness (QED) is 0.174. The maximum absolute atomic E-state index is 11.6. The molecule has 0 bridgehead atoms. The van der Waals surface area contributed by atoms with E-state index in [1.807, 2.05) is 38.3 Å². The van der Waals surface area contributed by atoms with Gasteiger partial charge in [0.2, 0.25) is 6.17 Å². The summed E-state index contributed by atoms with van der Waals surface area (Å²) in [5.74, 6) is 0.923. The van der Waals surface area contributed by atoms with Crippen molar-refractivity contribution in [3.8, 4) is 6.07 Å². The van der Waals surface area contributed by atoms with Gasteiger partial charge in [0.15, 0.2) is 5.00 Å². The van der Waals surface area contributed by atoms with Crippen molar-refractivity contribution in [2.75, 3.05) is 12.8 Å². The molecule has 2 aliphatic rings. The average Bonchev–Trinajstić information content (AvgIpc) is 3.08. The van der Waals surface area contributed by atoms with Gasteiger partial charge in [-0.25, -0.2) is 4.58 Å². The number of alkyl halides is 1. The van der Waals surface area contributed by atoms with Crippen molar-refractivity contribution in [1.29, 1.82) is 5.26 Å². The molecule has 2 aliphatic heterocycles. The van der Waals surface area contributed by atoms with E-state index in [2.05, 4.69) is 33.3 Å². The molecule has 0 fully saturated rings. The van der Waals surface area contributed by atoms with E-state index in [0.29, 0.717) is 16.7 Å². The van der Waals surface area contributed by atoms with Crippen LogP contribution in [0.25, 0.3) is 0 Å². The molecule has 3 atom stereocenters. The molecule has 0 aromatic heterocycles. The Labute approximate surface area is 196 Å². The average molecular weight is 472 g/mol. The first-order valence-electron chi connectivity index (χ1n) is 10.2. The molecule has 2 aromatic carbocycles. The number of benzene rings is 2. The molecule has 166 valence electrons. The monoisotopic (exact) mass is 471 g/mol. The Kier molecular flexibility index (Phi) is 5.90. The van der Waals surface area contributed by atoms with Crippen LogP contribution < -0.4 is 10.7 Å². The van der Waals surface area contributed by atoms with Crippen LogP contribution >= 0.6 is 23.4 Å². The van der Waals surface area contributed by atoms with Crippen LogP contribution in [0.2, 0.25) is 0 Å². The number of likely N-dealkylation sites (N-methyl/N-ethyl adjacent to an activating group) is 1. The fraction of sp³-hybridized carbons (Fsp3) is 0.364. The van der Waals surface area contributed by atoms with Crippen molar-refractivity contribution in [1.82, 2.24) is 15.8 Å². The number of halogens is 1. The molecule has 8 nitrogen and oxygen atoms in total. The van der Waals surface area contributed by atoms with Gasteiger partial charge in [0.1, 0.15) is 5.69 Å². The Morgan fingerprint density at radius 2 is 2.16 bits per heavy atom. The van der Waals surface area contributed by atoms with Crippen molar-refractivity contribution in [2.45, 2.75) is 42.9 Å². The number of thioether (sulfide) groups is 1. The molecule has 0 radical (unpaired) electrons. The van der Waals surface area contributed by atoms with Gasteiger partial charge in [0.05, 0.1) is 28.2 Å². The SMILES string of the molecule is CCN1NC(C)=[N+]2c3cccc(C#N)c3C(Cl)(c3cc(SC)cc([N+](=O)[O-])c3)NC(C)C12. The third-order valence-electron chi connectivity index (χ3n) is 5.97. The molecule has 0 saturated carbocycles. The zero-order chi connectivity index (χ0) is 23.2. The molecule has 0 aliphatic carbocycles. The normalized spacial score (nSPS) is 24.9. The van der Waals surface area contributed by atoms with Gasteiger partial charge in [0.25, 0.3) is 11.5 Å². The Hall–Kier alpha value is -2.64. The number of nitro benzene ring substituents is 1. The van der Waals surface area contributed by atoms with E-state index in [1.165, 1.54) is 23.9 Å². The van der Waals surface area contributed by atoms with Crippen LogP contribution in [-0.2, 0) is 5.00 Å². The van der Waals surface area contributed by atoms with Crippen molar-refractivity contribution in [3.05, 3.63) is 63.2 Å². The van der Waals surface area contributed by atoms with Crippen molar-refractivity contribution >= 4 is 40.6 Å². The summed E-state index contributed by atoms with van der Waals surface area (Å²) in [6.07, 6.45) is 1.76. The summed E-state index contributed by atoms with van der Waals surface area (Å²) < 4.78 is 2.15. The van der Waals surface area contributed by atoms with Crippen molar-refractivity contribution in [3.63, 3.8) is 0 Å². The zero-order valence-corrected chi connectivity index (χ0v) is 19.8. The van der Waals surface area contributed by atoms with Crippen LogP contribution in [0.4, 0.5) is 11.4 Å². The first-order chi connectivity index (χ1) is 15.2. The topological polar surface area (TPSA) is 97.2 Å². The minimum atomic E-state index is -1.35. The predicted octanol–water partition coefficient (Wildman–Crippen LogP) is 3.85. The molecule has 2 heterocycles. The number of nitro groups is 1. The minimum Gasteiger partial charge on any atom is -0.283 e. The maximum Gasteiger partial charge on any atom is 0.270 e. The summed E-state index contributed by atoms with van der Waals surface area (Å²) in [5, 5.41) is 27.3. The molecular weight excluding hydrogens is 448 g/mol. The van der Waals surface area contributed by atoms with Gasteiger partial charge in [-0.3, -0.25) is 15.4 Å². The van der Waals surface area contributed by atoms with E-state index in [1.54, 1.807) is 6.07 Å². The summed E-state index contributed by atoms with van der Waals surface area (Å²) in [7, 11) is 0. The number of rotatable bonds is 4. The molecule has 4 rings (SSSR count). The highest BCUT2D eigenvalue weighted by Gasteiger charge is 2.51. The van der Waals surface area contributed by atoms with E-state index >= 15 is 0 Å². The smallest absolute Gasteiger partial charge is 0.270 e. The third-order valence-corrected chi connectivity index (χ3v) is 7.19. The molecule has 0 saturated heterocycles. The van der Waals surface area contributed by atoms with E-state index in [9.17, 15) is 15.4 Å². The number of hydrogen-bond acceptors (Lipinski definition) is 7. The number of nitrogens with one attached hydrogen (secondary N) is 2. The second-order valence-electron chi connectivity index (χ2n) is 7.85. The Balaban J connectivity index is 2.06. The lowest BCUT2D eigenvalue weighted by Gasteiger charge is -2.32. The fourth-order valence-electron chi connectivity index (χ4n) is 4.64. The summed E-state index contributed by atoms with van der Waals surface area (Å²) in [5.41, 5.74) is 5.69. The van der Waals surface area contributed by atoms with E-state index in [0.717, 1.165) is 23.0 Å². The number of nitriles is 1. The van der Waals surface area contributed by atoms with Gasteiger partial charge in [-0.1, -0.05) is 17.7 Å². The van der Waals surface area contributed by atoms with E-state index < -0.39 is 9.92 Å². The van der Waals surface area contributed by atoms with Crippen molar-refractivity contribution in [2.24, 2.45) is 0 Å². The molecule has 2 aromatic rings. The number of nitrogens with zero attached hydrogens (tertiary/aromatic N) is 4. The van der Waals surface area contributed by atoms with Gasteiger partial charge >= 0.3 is 0 Å². The highest BCUT2D eigenvalue weighted by molar-refractivity contribution is 7.98. The molecular formula is C22H24ClN6O2S+. The lowest BCUT2D eigenvalue weighted by atomic mass is 9.92. The first-order valence-corrected chi connectivity index (χ1v) is 11.9. The fourth-order valence-corrected chi connectivity index (χ4v) is 5.60. The first kappa shape index (κ1) is 22.6. The van der Waals surface area contributed by atoms with Gasteiger partial charge in [0, 0.05) is 30.5 Å². The van der Waals surface area contributed by atoms with Crippen LogP contribution in [0, 0.1) is 21.4 Å². The highest BCUT2D eigenvalue weighted by atomic mass is 35.5. The van der Waals surface area contributed by atoms with Gasteiger partial charge in [-0.05, 0) is 43.9 Å². The van der Waals surface area contributed by atoms with E-state index in [4.69, 9.17) is 11.6 Å². The summed E-state index contributed by atoms with van der Waals surface area (Å²) in [6, 6.07) is 12.5. The Bertz CT molecular complexity index is 1180. The molecule has 0 spiro atoms. The van der Waals surface area contributed by atoms with Crippen LogP contribution in [0.5, 0.6) is 0 Å². The standard InChI is InChI=1S/C22H23ClN6O2S/c1-5-27-21-13(2)25-22(23,16-9-17(29(30)31)11-18(10-16)32-4)20-15(12-24)7-6-8-19(20)28(21)14(3)26-27/h6-11,13,21,25H,5H2,1-4H3/p+1.